The molecule has 1 N–H and O–H groups in total. The summed E-state index contributed by atoms with van der Waals surface area (Å²) in [7, 11) is 0. The van der Waals surface area contributed by atoms with Gasteiger partial charge in [0.25, 0.3) is 0 Å². The second-order valence-corrected chi connectivity index (χ2v) is 5.83. The van der Waals surface area contributed by atoms with Crippen molar-refractivity contribution >= 4 is 21.6 Å². The topological polar surface area (TPSA) is 12.0 Å². The maximum atomic E-state index is 14.6. The summed E-state index contributed by atoms with van der Waals surface area (Å²) in [6, 6.07) is 10.4. The lowest BCUT2D eigenvalue weighted by Crippen LogP contribution is -2.02. The molecule has 0 spiro atoms. The highest BCUT2D eigenvalue weighted by Gasteiger charge is 2.20. The summed E-state index contributed by atoms with van der Waals surface area (Å²) in [5.41, 5.74) is 3.58. The zero-order valence-electron chi connectivity index (χ0n) is 10.8. The third kappa shape index (κ3) is 2.57. The van der Waals surface area contributed by atoms with Crippen molar-refractivity contribution in [2.75, 3.05) is 11.9 Å². The molecule has 2 aromatic carbocycles. The van der Waals surface area contributed by atoms with E-state index in [2.05, 4.69) is 21.2 Å². The fourth-order valence-electron chi connectivity index (χ4n) is 2.61. The van der Waals surface area contributed by atoms with Gasteiger partial charge >= 0.3 is 0 Å². The molecule has 3 rings (SSSR count). The van der Waals surface area contributed by atoms with E-state index in [-0.39, 0.29) is 12.2 Å². The summed E-state index contributed by atoms with van der Waals surface area (Å²) in [6.07, 6.45) is 0.0996. The maximum absolute atomic E-state index is 14.6. The molecule has 104 valence electrons. The highest BCUT2D eigenvalue weighted by atomic mass is 79.9. The van der Waals surface area contributed by atoms with E-state index in [1.807, 2.05) is 18.2 Å². The Balaban J connectivity index is 1.84. The second kappa shape index (κ2) is 5.52. The van der Waals surface area contributed by atoms with Gasteiger partial charge in [0.1, 0.15) is 12.0 Å². The first-order chi connectivity index (χ1) is 9.65. The third-order valence-electron chi connectivity index (χ3n) is 3.62. The van der Waals surface area contributed by atoms with Crippen molar-refractivity contribution in [2.24, 2.45) is 0 Å². The monoisotopic (exact) mass is 337 g/mol. The molecule has 0 aliphatic carbocycles. The molecule has 1 aliphatic rings. The lowest BCUT2D eigenvalue weighted by atomic mass is 9.99. The molecule has 0 fully saturated rings. The van der Waals surface area contributed by atoms with Gasteiger partial charge in [0, 0.05) is 24.2 Å². The molecule has 4 heteroatoms. The predicted molar refractivity (Wildman–Crippen MR) is 80.3 cm³/mol. The molecule has 1 heterocycles. The summed E-state index contributed by atoms with van der Waals surface area (Å²) < 4.78 is 28.1. The van der Waals surface area contributed by atoms with Crippen LogP contribution >= 0.6 is 15.9 Å². The lowest BCUT2D eigenvalue weighted by Gasteiger charge is -2.14. The van der Waals surface area contributed by atoms with Crippen molar-refractivity contribution in [3.63, 3.8) is 0 Å². The summed E-state index contributed by atoms with van der Waals surface area (Å²) in [5, 5.41) is 3.25. The lowest BCUT2D eigenvalue weighted by molar-refractivity contribution is 0.343. The number of alkyl halides is 1. The average molecular weight is 338 g/mol. The number of anilines is 1. The summed E-state index contributed by atoms with van der Waals surface area (Å²) in [4.78, 5) is 0. The standard InChI is InChI=1S/C16H14BrF2N/c17-13-8-10(4-5-14(13)18)9-15(19)12-3-1-2-11-6-7-20-16(11)12/h1-5,8,15,20H,6-7,9H2. The molecule has 0 saturated heterocycles. The zero-order valence-corrected chi connectivity index (χ0v) is 12.4. The van der Waals surface area contributed by atoms with Crippen LogP contribution in [0, 0.1) is 5.82 Å². The predicted octanol–water partition coefficient (Wildman–Crippen LogP) is 4.81. The molecule has 1 nitrogen and oxygen atoms in total. The van der Waals surface area contributed by atoms with E-state index in [1.165, 1.54) is 11.6 Å². The molecule has 2 aromatic rings. The van der Waals surface area contributed by atoms with Gasteiger partial charge in [0.2, 0.25) is 0 Å². The highest BCUT2D eigenvalue weighted by Crippen LogP contribution is 2.34. The average Bonchev–Trinajstić information content (AvgIpc) is 2.91. The van der Waals surface area contributed by atoms with Gasteiger partial charge in [-0.05, 0) is 45.6 Å². The number of hydrogen-bond donors (Lipinski definition) is 1. The first kappa shape index (κ1) is 13.6. The molecule has 20 heavy (non-hydrogen) atoms. The Kier molecular flexibility index (Phi) is 3.74. The fraction of sp³-hybridized carbons (Fsp3) is 0.250. The molecule has 0 bridgehead atoms. The van der Waals surface area contributed by atoms with Crippen LogP contribution in [0.15, 0.2) is 40.9 Å². The maximum Gasteiger partial charge on any atom is 0.137 e. The van der Waals surface area contributed by atoms with Crippen LogP contribution in [0.2, 0.25) is 0 Å². The number of halogens is 3. The number of nitrogens with one attached hydrogen (secondary N) is 1. The van der Waals surface area contributed by atoms with Crippen LogP contribution in [-0.2, 0) is 12.8 Å². The van der Waals surface area contributed by atoms with Gasteiger partial charge in [0.05, 0.1) is 4.47 Å². The van der Waals surface area contributed by atoms with Gasteiger partial charge < -0.3 is 5.32 Å². The quantitative estimate of drug-likeness (QED) is 0.847. The minimum atomic E-state index is -1.09. The molecule has 0 aromatic heterocycles. The fourth-order valence-corrected chi connectivity index (χ4v) is 3.04. The molecular formula is C16H14BrF2N. The van der Waals surface area contributed by atoms with E-state index in [1.54, 1.807) is 12.1 Å². The Morgan fingerprint density at radius 3 is 2.90 bits per heavy atom. The third-order valence-corrected chi connectivity index (χ3v) is 4.22. The van der Waals surface area contributed by atoms with Gasteiger partial charge in [0.15, 0.2) is 0 Å². The normalized spacial score (nSPS) is 14.8. The minimum Gasteiger partial charge on any atom is -0.384 e. The van der Waals surface area contributed by atoms with Crippen LogP contribution in [0.5, 0.6) is 0 Å². The first-order valence-electron chi connectivity index (χ1n) is 6.59. The van der Waals surface area contributed by atoms with E-state index in [0.717, 1.165) is 24.2 Å². The van der Waals surface area contributed by atoms with Crippen LogP contribution < -0.4 is 5.32 Å². The van der Waals surface area contributed by atoms with E-state index in [4.69, 9.17) is 0 Å². The number of fused-ring (bicyclic) bond motifs is 1. The number of benzene rings is 2. The van der Waals surface area contributed by atoms with Gasteiger partial charge in [-0.1, -0.05) is 24.3 Å². The molecule has 0 saturated carbocycles. The minimum absolute atomic E-state index is 0.247. The van der Waals surface area contributed by atoms with Crippen molar-refractivity contribution in [1.82, 2.24) is 0 Å². The van der Waals surface area contributed by atoms with E-state index >= 15 is 0 Å². The molecule has 0 amide bonds. The smallest absolute Gasteiger partial charge is 0.137 e. The number of para-hydroxylation sites is 1. The Morgan fingerprint density at radius 1 is 1.25 bits per heavy atom. The molecule has 1 unspecified atom stereocenters. The van der Waals surface area contributed by atoms with Gasteiger partial charge in [-0.15, -0.1) is 0 Å². The Bertz CT molecular complexity index is 642. The van der Waals surface area contributed by atoms with Gasteiger partial charge in [-0.2, -0.15) is 0 Å². The van der Waals surface area contributed by atoms with E-state index < -0.39 is 6.17 Å². The Hall–Kier alpha value is -1.42. The number of rotatable bonds is 3. The molecule has 1 atom stereocenters. The molecule has 1 aliphatic heterocycles. The largest absolute Gasteiger partial charge is 0.384 e. The first-order valence-corrected chi connectivity index (χ1v) is 7.38. The van der Waals surface area contributed by atoms with Crippen LogP contribution in [-0.4, -0.2) is 6.54 Å². The van der Waals surface area contributed by atoms with Crippen LogP contribution in [0.3, 0.4) is 0 Å². The van der Waals surface area contributed by atoms with Crippen LogP contribution in [0.1, 0.15) is 22.9 Å². The molecular weight excluding hydrogens is 324 g/mol. The van der Waals surface area contributed by atoms with Crippen LogP contribution in [0.25, 0.3) is 0 Å². The zero-order chi connectivity index (χ0) is 14.1. The highest BCUT2D eigenvalue weighted by molar-refractivity contribution is 9.10. The Labute approximate surface area is 125 Å². The number of hydrogen-bond acceptors (Lipinski definition) is 1. The van der Waals surface area contributed by atoms with Crippen molar-refractivity contribution in [3.8, 4) is 0 Å². The van der Waals surface area contributed by atoms with Gasteiger partial charge in [-0.25, -0.2) is 8.78 Å². The van der Waals surface area contributed by atoms with Crippen molar-refractivity contribution in [1.29, 1.82) is 0 Å². The van der Waals surface area contributed by atoms with E-state index in [9.17, 15) is 8.78 Å². The molecule has 0 radical (unpaired) electrons. The van der Waals surface area contributed by atoms with Crippen molar-refractivity contribution < 1.29 is 8.78 Å². The van der Waals surface area contributed by atoms with E-state index in [0.29, 0.717) is 10.0 Å². The van der Waals surface area contributed by atoms with Crippen LogP contribution in [0.4, 0.5) is 14.5 Å². The Morgan fingerprint density at radius 2 is 2.10 bits per heavy atom. The SMILES string of the molecule is Fc1ccc(CC(F)c2cccc3c2NCC3)cc1Br. The van der Waals surface area contributed by atoms with Gasteiger partial charge in [-0.3, -0.25) is 0 Å². The second-order valence-electron chi connectivity index (χ2n) is 4.98. The van der Waals surface area contributed by atoms with Crippen molar-refractivity contribution in [3.05, 3.63) is 63.4 Å². The van der Waals surface area contributed by atoms with Crippen molar-refractivity contribution in [2.45, 2.75) is 19.0 Å². The summed E-state index contributed by atoms with van der Waals surface area (Å²) >= 11 is 3.13. The summed E-state index contributed by atoms with van der Waals surface area (Å²) in [5.74, 6) is -0.327. The summed E-state index contributed by atoms with van der Waals surface area (Å²) in [6.45, 7) is 0.862.